The maximum absolute atomic E-state index is 2.44. The Labute approximate surface area is 276 Å². The van der Waals surface area contributed by atoms with Gasteiger partial charge in [0.15, 0.2) is 0 Å². The van der Waals surface area contributed by atoms with Crippen molar-refractivity contribution in [2.45, 2.75) is 32.1 Å². The summed E-state index contributed by atoms with van der Waals surface area (Å²) in [7, 11) is 0. The van der Waals surface area contributed by atoms with Gasteiger partial charge in [-0.15, -0.1) is 0 Å². The Bertz CT molecular complexity index is 2370. The zero-order chi connectivity index (χ0) is 31.5. The molecule has 0 spiro atoms. The summed E-state index contributed by atoms with van der Waals surface area (Å²) in [6.45, 7) is 4.72. The molecule has 226 valence electrons. The van der Waals surface area contributed by atoms with Crippen LogP contribution in [-0.4, -0.2) is 4.57 Å². The topological polar surface area (TPSA) is 8.17 Å². The molecule has 0 unspecified atom stereocenters. The highest BCUT2D eigenvalue weighted by atomic mass is 15.1. The van der Waals surface area contributed by atoms with Crippen LogP contribution in [0.4, 0.5) is 17.1 Å². The van der Waals surface area contributed by atoms with Gasteiger partial charge in [0, 0.05) is 38.9 Å². The third-order valence-electron chi connectivity index (χ3n) is 10.3. The van der Waals surface area contributed by atoms with Crippen LogP contribution in [0, 0.1) is 0 Å². The zero-order valence-corrected chi connectivity index (χ0v) is 26.8. The molecule has 0 saturated heterocycles. The lowest BCUT2D eigenvalue weighted by molar-refractivity contribution is 0.660. The minimum atomic E-state index is -0.0779. The molecule has 1 heterocycles. The largest absolute Gasteiger partial charge is 0.310 e. The SMILES string of the molecule is CC1(C)c2ccccc2-c2ccc(N(c3ccc(C4=CC=CCC4)cc3)c3ccc4c(c3)c3ccccc3n4-c3ccccc3)cc21. The van der Waals surface area contributed by atoms with E-state index in [0.29, 0.717) is 0 Å². The average Bonchev–Trinajstić information content (AvgIpc) is 3.58. The summed E-state index contributed by atoms with van der Waals surface area (Å²) < 4.78 is 2.38. The van der Waals surface area contributed by atoms with Gasteiger partial charge in [0.1, 0.15) is 0 Å². The quantitative estimate of drug-likeness (QED) is 0.190. The van der Waals surface area contributed by atoms with Crippen LogP contribution in [0.25, 0.3) is 44.2 Å². The van der Waals surface area contributed by atoms with Gasteiger partial charge < -0.3 is 9.47 Å². The van der Waals surface area contributed by atoms with Gasteiger partial charge in [0.2, 0.25) is 0 Å². The molecule has 9 rings (SSSR count). The van der Waals surface area contributed by atoms with E-state index in [1.807, 2.05) is 0 Å². The Hall–Kier alpha value is -5.60. The van der Waals surface area contributed by atoms with E-state index in [9.17, 15) is 0 Å². The Morgan fingerprint density at radius 1 is 0.574 bits per heavy atom. The maximum atomic E-state index is 2.44. The smallest absolute Gasteiger partial charge is 0.0542 e. The Morgan fingerprint density at radius 2 is 1.26 bits per heavy atom. The number of nitrogens with zero attached hydrogens (tertiary/aromatic N) is 2. The van der Waals surface area contributed by atoms with Crippen molar-refractivity contribution in [3.05, 3.63) is 174 Å². The van der Waals surface area contributed by atoms with Crippen molar-refractivity contribution in [1.82, 2.24) is 4.57 Å². The molecule has 2 aliphatic rings. The van der Waals surface area contributed by atoms with E-state index in [0.717, 1.165) is 24.2 Å². The van der Waals surface area contributed by atoms with E-state index in [1.54, 1.807) is 0 Å². The second kappa shape index (κ2) is 10.7. The van der Waals surface area contributed by atoms with Gasteiger partial charge >= 0.3 is 0 Å². The number of para-hydroxylation sites is 2. The highest BCUT2D eigenvalue weighted by molar-refractivity contribution is 6.10. The molecule has 0 saturated carbocycles. The predicted molar refractivity (Wildman–Crippen MR) is 199 cm³/mol. The molecule has 6 aromatic carbocycles. The minimum Gasteiger partial charge on any atom is -0.310 e. The molecule has 0 fully saturated rings. The summed E-state index contributed by atoms with van der Waals surface area (Å²) in [5, 5.41) is 2.50. The monoisotopic (exact) mass is 604 g/mol. The van der Waals surface area contributed by atoms with Crippen LogP contribution >= 0.6 is 0 Å². The molecule has 7 aromatic rings. The van der Waals surface area contributed by atoms with Gasteiger partial charge in [-0.3, -0.25) is 0 Å². The lowest BCUT2D eigenvalue weighted by atomic mass is 9.82. The average molecular weight is 605 g/mol. The minimum absolute atomic E-state index is 0.0779. The molecule has 0 bridgehead atoms. The van der Waals surface area contributed by atoms with Crippen LogP contribution in [0.1, 0.15) is 43.4 Å². The first-order valence-electron chi connectivity index (χ1n) is 16.7. The summed E-state index contributed by atoms with van der Waals surface area (Å²) in [6, 6.07) is 51.5. The van der Waals surface area contributed by atoms with Crippen LogP contribution in [0.15, 0.2) is 158 Å². The van der Waals surface area contributed by atoms with Crippen molar-refractivity contribution in [2.75, 3.05) is 4.90 Å². The van der Waals surface area contributed by atoms with Crippen LogP contribution in [0.3, 0.4) is 0 Å². The number of benzene rings is 6. The molecule has 47 heavy (non-hydrogen) atoms. The summed E-state index contributed by atoms with van der Waals surface area (Å²) in [4.78, 5) is 2.44. The van der Waals surface area contributed by atoms with Crippen molar-refractivity contribution in [2.24, 2.45) is 0 Å². The van der Waals surface area contributed by atoms with Gasteiger partial charge in [0.25, 0.3) is 0 Å². The fourth-order valence-corrected chi connectivity index (χ4v) is 7.90. The number of fused-ring (bicyclic) bond motifs is 6. The van der Waals surface area contributed by atoms with Gasteiger partial charge in [-0.05, 0) is 107 Å². The fraction of sp³-hybridized carbons (Fsp3) is 0.111. The van der Waals surface area contributed by atoms with Crippen molar-refractivity contribution < 1.29 is 0 Å². The third-order valence-corrected chi connectivity index (χ3v) is 10.3. The molecular weight excluding hydrogens is 569 g/mol. The van der Waals surface area contributed by atoms with E-state index < -0.39 is 0 Å². The number of allylic oxidation sites excluding steroid dienone is 4. The van der Waals surface area contributed by atoms with Crippen molar-refractivity contribution in [3.8, 4) is 16.8 Å². The van der Waals surface area contributed by atoms with Gasteiger partial charge in [-0.25, -0.2) is 0 Å². The first-order chi connectivity index (χ1) is 23.1. The third kappa shape index (κ3) is 4.40. The zero-order valence-electron chi connectivity index (χ0n) is 26.8. The Morgan fingerprint density at radius 3 is 2.09 bits per heavy atom. The van der Waals surface area contributed by atoms with Gasteiger partial charge in [0.05, 0.1) is 11.0 Å². The Kier molecular flexibility index (Phi) is 6.33. The molecule has 0 radical (unpaired) electrons. The van der Waals surface area contributed by atoms with Crippen molar-refractivity contribution >= 4 is 44.4 Å². The fourth-order valence-electron chi connectivity index (χ4n) is 7.90. The van der Waals surface area contributed by atoms with Crippen molar-refractivity contribution in [1.29, 1.82) is 0 Å². The highest BCUT2D eigenvalue weighted by Crippen LogP contribution is 2.51. The second-order valence-corrected chi connectivity index (χ2v) is 13.3. The number of anilines is 3. The molecule has 0 amide bonds. The van der Waals surface area contributed by atoms with E-state index in [1.165, 1.54) is 66.6 Å². The number of rotatable bonds is 5. The summed E-state index contributed by atoms with van der Waals surface area (Å²) in [5.74, 6) is 0. The van der Waals surface area contributed by atoms with Crippen LogP contribution in [0.2, 0.25) is 0 Å². The van der Waals surface area contributed by atoms with Gasteiger partial charge in [-0.2, -0.15) is 0 Å². The molecule has 0 N–H and O–H groups in total. The standard InChI is InChI=1S/C45H36N2/c1-45(2)41-19-11-9-17-37(41)38-27-25-36(30-42(38)45)46(34-23-21-32(22-24-34)31-13-5-3-6-14-31)35-26-28-44-40(29-35)39-18-10-12-20-43(39)47(44)33-15-7-4-8-16-33/h3-5,7-13,15-30H,6,14H2,1-2H3. The number of aromatic nitrogens is 1. The Balaban J connectivity index is 1.24. The first kappa shape index (κ1) is 27.7. The molecule has 2 nitrogen and oxygen atoms in total. The summed E-state index contributed by atoms with van der Waals surface area (Å²) in [5.41, 5.74) is 15.1. The molecular formula is C45H36N2. The highest BCUT2D eigenvalue weighted by Gasteiger charge is 2.35. The normalized spacial score (nSPS) is 14.6. The van der Waals surface area contributed by atoms with E-state index in [-0.39, 0.29) is 5.41 Å². The molecule has 1 aromatic heterocycles. The molecule has 0 atom stereocenters. The van der Waals surface area contributed by atoms with Crippen LogP contribution in [0.5, 0.6) is 0 Å². The number of hydrogen-bond acceptors (Lipinski definition) is 1. The van der Waals surface area contributed by atoms with Crippen LogP contribution in [-0.2, 0) is 5.41 Å². The molecule has 2 heteroatoms. The lowest BCUT2D eigenvalue weighted by Gasteiger charge is -2.28. The predicted octanol–water partition coefficient (Wildman–Crippen LogP) is 12.3. The maximum Gasteiger partial charge on any atom is 0.0542 e. The first-order valence-corrected chi connectivity index (χ1v) is 16.7. The van der Waals surface area contributed by atoms with E-state index >= 15 is 0 Å². The molecule has 0 aliphatic heterocycles. The number of hydrogen-bond donors (Lipinski definition) is 0. The van der Waals surface area contributed by atoms with Gasteiger partial charge in [-0.1, -0.05) is 111 Å². The molecule has 2 aliphatic carbocycles. The lowest BCUT2D eigenvalue weighted by Crippen LogP contribution is -2.16. The van der Waals surface area contributed by atoms with E-state index in [4.69, 9.17) is 0 Å². The van der Waals surface area contributed by atoms with E-state index in [2.05, 4.69) is 181 Å². The van der Waals surface area contributed by atoms with Crippen LogP contribution < -0.4 is 4.90 Å². The summed E-state index contributed by atoms with van der Waals surface area (Å²) in [6.07, 6.45) is 8.88. The second-order valence-electron chi connectivity index (χ2n) is 13.3. The van der Waals surface area contributed by atoms with Crippen molar-refractivity contribution in [3.63, 3.8) is 0 Å². The summed E-state index contributed by atoms with van der Waals surface area (Å²) >= 11 is 0.